The van der Waals surface area contributed by atoms with Gasteiger partial charge >= 0.3 is 0 Å². The molecule has 1 aliphatic heterocycles. The van der Waals surface area contributed by atoms with E-state index >= 15 is 0 Å². The molecule has 2 amide bonds. The molecule has 10 heteroatoms. The van der Waals surface area contributed by atoms with Gasteiger partial charge in [-0.15, -0.1) is 23.5 Å². The highest BCUT2D eigenvalue weighted by Crippen LogP contribution is 2.45. The molecule has 0 aromatic heterocycles. The molecule has 0 unspecified atom stereocenters. The van der Waals surface area contributed by atoms with Gasteiger partial charge in [-0.25, -0.2) is 5.43 Å². The minimum atomic E-state index is -0.382. The van der Waals surface area contributed by atoms with Crippen LogP contribution in [0, 0.1) is 0 Å². The number of carbonyl (C=O) groups is 2. The van der Waals surface area contributed by atoms with Crippen LogP contribution in [0.25, 0.3) is 0 Å². The third-order valence-electron chi connectivity index (χ3n) is 4.92. The van der Waals surface area contributed by atoms with Crippen molar-refractivity contribution in [2.24, 2.45) is 5.10 Å². The van der Waals surface area contributed by atoms with E-state index in [9.17, 15) is 9.59 Å². The van der Waals surface area contributed by atoms with E-state index in [1.54, 1.807) is 30.3 Å². The zero-order valence-corrected chi connectivity index (χ0v) is 21.6. The minimum Gasteiger partial charge on any atom is -0.484 e. The Morgan fingerprint density at radius 1 is 0.944 bits per heavy atom. The number of rotatable bonds is 10. The molecule has 1 saturated heterocycles. The Morgan fingerprint density at radius 3 is 2.39 bits per heavy atom. The van der Waals surface area contributed by atoms with Crippen LogP contribution in [0.4, 0.5) is 5.69 Å². The molecule has 0 spiro atoms. The number of nitrogens with one attached hydrogen (secondary N) is 2. The number of anilines is 1. The lowest BCUT2D eigenvalue weighted by Gasteiger charge is -2.10. The maximum atomic E-state index is 12.0. The van der Waals surface area contributed by atoms with Gasteiger partial charge in [0.05, 0.1) is 15.8 Å². The molecular formula is C26H24ClN3O4S2. The number of ether oxygens (including phenoxy) is 2. The first-order chi connectivity index (χ1) is 17.6. The van der Waals surface area contributed by atoms with E-state index in [-0.39, 0.29) is 25.0 Å². The van der Waals surface area contributed by atoms with E-state index in [0.29, 0.717) is 32.4 Å². The molecule has 0 radical (unpaired) electrons. The lowest BCUT2D eigenvalue weighted by molar-refractivity contribution is -0.123. The topological polar surface area (TPSA) is 89.0 Å². The van der Waals surface area contributed by atoms with Gasteiger partial charge < -0.3 is 14.8 Å². The molecule has 4 rings (SSSR count). The fourth-order valence-electron chi connectivity index (χ4n) is 3.21. The van der Waals surface area contributed by atoms with Gasteiger partial charge in [0, 0.05) is 17.2 Å². The predicted molar refractivity (Wildman–Crippen MR) is 147 cm³/mol. The van der Waals surface area contributed by atoms with Crippen LogP contribution >= 0.6 is 35.1 Å². The van der Waals surface area contributed by atoms with Gasteiger partial charge in [-0.05, 0) is 53.6 Å². The monoisotopic (exact) mass is 541 g/mol. The van der Waals surface area contributed by atoms with Crippen molar-refractivity contribution >= 4 is 58.8 Å². The summed E-state index contributed by atoms with van der Waals surface area (Å²) in [5.74, 6) is 2.66. The molecule has 0 atom stereocenters. The van der Waals surface area contributed by atoms with E-state index in [1.165, 1.54) is 23.3 Å². The van der Waals surface area contributed by atoms with Crippen LogP contribution in [-0.2, 0) is 9.59 Å². The van der Waals surface area contributed by atoms with Crippen molar-refractivity contribution in [2.45, 2.75) is 4.58 Å². The van der Waals surface area contributed by atoms with Gasteiger partial charge in [0.2, 0.25) is 0 Å². The highest BCUT2D eigenvalue weighted by molar-refractivity contribution is 8.19. The molecule has 0 aliphatic carbocycles. The average Bonchev–Trinajstić information content (AvgIpc) is 3.43. The van der Waals surface area contributed by atoms with E-state index in [4.69, 9.17) is 21.1 Å². The first-order valence-electron chi connectivity index (χ1n) is 11.1. The summed E-state index contributed by atoms with van der Waals surface area (Å²) in [7, 11) is 0. The molecule has 7 nitrogen and oxygen atoms in total. The quantitative estimate of drug-likeness (QED) is 0.265. The first kappa shape index (κ1) is 25.9. The summed E-state index contributed by atoms with van der Waals surface area (Å²) >= 11 is 10.1. The van der Waals surface area contributed by atoms with Gasteiger partial charge in [0.25, 0.3) is 11.8 Å². The average molecular weight is 542 g/mol. The Labute approximate surface area is 223 Å². The third kappa shape index (κ3) is 7.94. The standard InChI is InChI=1S/C26H24ClN3O4S2/c27-22-14-18(6-11-23(22)34-16-24(31)29-20-4-2-1-3-5-20)15-28-30-25(32)17-33-21-9-7-19(8-10-21)26-35-12-13-36-26/h1-11,14-15,26H,12-13,16-17H2,(H,29,31)(H,30,32)/b28-15-. The summed E-state index contributed by atoms with van der Waals surface area (Å²) in [5, 5.41) is 6.99. The molecule has 0 saturated carbocycles. The maximum absolute atomic E-state index is 12.0. The number of hydrogen-bond acceptors (Lipinski definition) is 7. The van der Waals surface area contributed by atoms with Crippen LogP contribution in [0.3, 0.4) is 0 Å². The Kier molecular flexibility index (Phi) is 9.54. The molecule has 1 aliphatic rings. The number of amides is 2. The minimum absolute atomic E-state index is 0.151. The van der Waals surface area contributed by atoms with E-state index in [0.717, 1.165) is 0 Å². The molecule has 2 N–H and O–H groups in total. The molecule has 3 aromatic carbocycles. The number of hydrogen-bond donors (Lipinski definition) is 2. The SMILES string of the molecule is O=C(COc1ccc(C2SCCS2)cc1)N/N=C\c1ccc(OCC(=O)Nc2ccccc2)c(Cl)c1. The smallest absolute Gasteiger partial charge is 0.277 e. The van der Waals surface area contributed by atoms with Gasteiger partial charge in [0.15, 0.2) is 13.2 Å². The van der Waals surface area contributed by atoms with Crippen LogP contribution in [0.2, 0.25) is 5.02 Å². The third-order valence-corrected chi connectivity index (χ3v) is 8.32. The zero-order valence-electron chi connectivity index (χ0n) is 19.2. The largest absolute Gasteiger partial charge is 0.484 e. The summed E-state index contributed by atoms with van der Waals surface area (Å²) in [6.45, 7) is -0.332. The summed E-state index contributed by atoms with van der Waals surface area (Å²) in [6, 6.07) is 21.9. The highest BCUT2D eigenvalue weighted by atomic mass is 35.5. The summed E-state index contributed by atoms with van der Waals surface area (Å²) in [5.41, 5.74) is 5.03. The Balaban J connectivity index is 1.19. The van der Waals surface area contributed by atoms with Gasteiger partial charge in [-0.1, -0.05) is 41.9 Å². The number of hydrazone groups is 1. The Bertz CT molecular complexity index is 1200. The number of para-hydroxylation sites is 1. The van der Waals surface area contributed by atoms with Gasteiger partial charge in [-0.2, -0.15) is 5.10 Å². The van der Waals surface area contributed by atoms with Crippen molar-refractivity contribution in [3.05, 3.63) is 88.9 Å². The Hall–Kier alpha value is -3.14. The molecule has 3 aromatic rings. The van der Waals surface area contributed by atoms with Crippen LogP contribution in [0.5, 0.6) is 11.5 Å². The van der Waals surface area contributed by atoms with Crippen LogP contribution < -0.4 is 20.2 Å². The molecule has 0 bridgehead atoms. The Morgan fingerprint density at radius 2 is 1.67 bits per heavy atom. The number of halogens is 1. The normalized spacial score (nSPS) is 13.5. The van der Waals surface area contributed by atoms with Crippen molar-refractivity contribution in [3.8, 4) is 11.5 Å². The van der Waals surface area contributed by atoms with Crippen molar-refractivity contribution in [1.29, 1.82) is 0 Å². The lowest BCUT2D eigenvalue weighted by atomic mass is 10.2. The van der Waals surface area contributed by atoms with Crippen LogP contribution in [0.15, 0.2) is 77.9 Å². The van der Waals surface area contributed by atoms with E-state index in [2.05, 4.69) is 15.8 Å². The fourth-order valence-corrected chi connectivity index (χ4v) is 6.31. The molecular weight excluding hydrogens is 518 g/mol. The summed E-state index contributed by atoms with van der Waals surface area (Å²) in [4.78, 5) is 24.1. The summed E-state index contributed by atoms with van der Waals surface area (Å²) in [6.07, 6.45) is 1.46. The van der Waals surface area contributed by atoms with Crippen molar-refractivity contribution in [1.82, 2.24) is 5.43 Å². The van der Waals surface area contributed by atoms with E-state index < -0.39 is 0 Å². The zero-order chi connectivity index (χ0) is 25.2. The number of thioether (sulfide) groups is 2. The second-order valence-electron chi connectivity index (χ2n) is 7.62. The van der Waals surface area contributed by atoms with Gasteiger partial charge in [0.1, 0.15) is 11.5 Å². The molecule has 186 valence electrons. The van der Waals surface area contributed by atoms with Crippen molar-refractivity contribution in [3.63, 3.8) is 0 Å². The second kappa shape index (κ2) is 13.2. The second-order valence-corrected chi connectivity index (χ2v) is 10.7. The maximum Gasteiger partial charge on any atom is 0.277 e. The summed E-state index contributed by atoms with van der Waals surface area (Å²) < 4.78 is 11.5. The predicted octanol–water partition coefficient (Wildman–Crippen LogP) is 5.37. The number of carbonyl (C=O) groups excluding carboxylic acids is 2. The van der Waals surface area contributed by atoms with E-state index in [1.807, 2.05) is 66.0 Å². The van der Waals surface area contributed by atoms with Crippen molar-refractivity contribution in [2.75, 3.05) is 30.0 Å². The number of nitrogens with zero attached hydrogens (tertiary/aromatic N) is 1. The van der Waals surface area contributed by atoms with Crippen molar-refractivity contribution < 1.29 is 19.1 Å². The van der Waals surface area contributed by atoms with Gasteiger partial charge in [-0.3, -0.25) is 9.59 Å². The highest BCUT2D eigenvalue weighted by Gasteiger charge is 2.18. The van der Waals surface area contributed by atoms with Crippen LogP contribution in [-0.4, -0.2) is 42.7 Å². The fraction of sp³-hybridized carbons (Fsp3) is 0.192. The lowest BCUT2D eigenvalue weighted by Crippen LogP contribution is -2.24. The number of benzene rings is 3. The van der Waals surface area contributed by atoms with Crippen LogP contribution in [0.1, 0.15) is 15.7 Å². The first-order valence-corrected chi connectivity index (χ1v) is 13.6. The molecule has 36 heavy (non-hydrogen) atoms. The molecule has 1 fully saturated rings. The molecule has 1 heterocycles.